The van der Waals surface area contributed by atoms with Crippen LogP contribution in [0.3, 0.4) is 0 Å². The highest BCUT2D eigenvalue weighted by Crippen LogP contribution is 2.26. The molecule has 6 nitrogen and oxygen atoms in total. The molecule has 8 heteroatoms. The first-order chi connectivity index (χ1) is 10.1. The Hall–Kier alpha value is -0.570. The summed E-state index contributed by atoms with van der Waals surface area (Å²) < 4.78 is 28.4. The second kappa shape index (κ2) is 6.28. The quantitative estimate of drug-likeness (QED) is 0.799. The average molecular weight is 330 g/mol. The molecule has 1 aromatic rings. The van der Waals surface area contributed by atoms with Gasteiger partial charge in [-0.15, -0.1) is 0 Å². The van der Waals surface area contributed by atoms with Crippen molar-refractivity contribution in [1.82, 2.24) is 19.4 Å². The normalized spacial score (nSPS) is 23.0. The van der Waals surface area contributed by atoms with E-state index in [1.54, 1.807) is 17.9 Å². The highest BCUT2D eigenvalue weighted by atomic mass is 32.2. The third-order valence-corrected chi connectivity index (χ3v) is 7.07. The van der Waals surface area contributed by atoms with Gasteiger partial charge in [-0.2, -0.15) is 21.2 Å². The molecule has 1 saturated carbocycles. The summed E-state index contributed by atoms with van der Waals surface area (Å²) in [6.07, 6.45) is 6.54. The Morgan fingerprint density at radius 1 is 1.48 bits per heavy atom. The second-order valence-corrected chi connectivity index (χ2v) is 8.85. The van der Waals surface area contributed by atoms with Crippen molar-refractivity contribution in [3.63, 3.8) is 0 Å². The van der Waals surface area contributed by atoms with Crippen molar-refractivity contribution in [2.75, 3.05) is 25.1 Å². The van der Waals surface area contributed by atoms with E-state index >= 15 is 0 Å². The van der Waals surface area contributed by atoms with Crippen LogP contribution in [-0.2, 0) is 16.6 Å². The van der Waals surface area contributed by atoms with Gasteiger partial charge in [0, 0.05) is 37.6 Å². The molecule has 1 N–H and O–H groups in total. The second-order valence-electron chi connectivity index (χ2n) is 5.71. The van der Waals surface area contributed by atoms with Gasteiger partial charge in [0.2, 0.25) is 10.0 Å². The standard InChI is InChI=1S/C13H22N4O2S2/c1-16(12-4-7-20-10-12)21(18,19)13-8-15-17(9-13)6-5-14-11-2-3-11/h8-9,11-12,14H,2-7,10H2,1H3. The summed E-state index contributed by atoms with van der Waals surface area (Å²) >= 11 is 1.81. The molecule has 2 aliphatic rings. The van der Waals surface area contributed by atoms with Crippen molar-refractivity contribution < 1.29 is 8.42 Å². The van der Waals surface area contributed by atoms with Gasteiger partial charge < -0.3 is 5.32 Å². The molecule has 2 fully saturated rings. The van der Waals surface area contributed by atoms with Crippen molar-refractivity contribution in [3.05, 3.63) is 12.4 Å². The number of hydrogen-bond donors (Lipinski definition) is 1. The van der Waals surface area contributed by atoms with Crippen LogP contribution in [0.2, 0.25) is 0 Å². The summed E-state index contributed by atoms with van der Waals surface area (Å²) in [6.45, 7) is 1.54. The number of sulfonamides is 1. The summed E-state index contributed by atoms with van der Waals surface area (Å²) in [5, 5.41) is 7.57. The first-order valence-corrected chi connectivity index (χ1v) is 9.98. The molecule has 0 aromatic carbocycles. The van der Waals surface area contributed by atoms with Gasteiger partial charge in [-0.05, 0) is 25.0 Å². The Labute approximate surface area is 130 Å². The molecule has 1 atom stereocenters. The number of nitrogens with zero attached hydrogens (tertiary/aromatic N) is 3. The highest BCUT2D eigenvalue weighted by Gasteiger charge is 2.31. The summed E-state index contributed by atoms with van der Waals surface area (Å²) in [4.78, 5) is 0.299. The van der Waals surface area contributed by atoms with Gasteiger partial charge in [0.1, 0.15) is 4.90 Å². The van der Waals surface area contributed by atoms with Gasteiger partial charge in [-0.1, -0.05) is 0 Å². The fraction of sp³-hybridized carbons (Fsp3) is 0.769. The van der Waals surface area contributed by atoms with Crippen LogP contribution >= 0.6 is 11.8 Å². The van der Waals surface area contributed by atoms with Crippen LogP contribution in [0.4, 0.5) is 0 Å². The van der Waals surface area contributed by atoms with Crippen LogP contribution in [0.25, 0.3) is 0 Å². The predicted molar refractivity (Wildman–Crippen MR) is 83.9 cm³/mol. The predicted octanol–water partition coefficient (Wildman–Crippen LogP) is 0.761. The maximum atomic E-state index is 12.6. The molecule has 1 aliphatic heterocycles. The SMILES string of the molecule is CN(C1CCSC1)S(=O)(=O)c1cnn(CCNC2CC2)c1. The summed E-state index contributed by atoms with van der Waals surface area (Å²) in [6, 6.07) is 0.773. The maximum Gasteiger partial charge on any atom is 0.246 e. The van der Waals surface area contributed by atoms with Crippen LogP contribution in [0.1, 0.15) is 19.3 Å². The summed E-state index contributed by atoms with van der Waals surface area (Å²) in [5.74, 6) is 1.92. The third kappa shape index (κ3) is 3.61. The monoisotopic (exact) mass is 330 g/mol. The highest BCUT2D eigenvalue weighted by molar-refractivity contribution is 7.99. The van der Waals surface area contributed by atoms with Crippen LogP contribution in [0, 0.1) is 0 Å². The lowest BCUT2D eigenvalue weighted by atomic mass is 10.3. The fourth-order valence-corrected chi connectivity index (χ4v) is 5.14. The van der Waals surface area contributed by atoms with Crippen molar-refractivity contribution in [2.24, 2.45) is 0 Å². The number of aromatic nitrogens is 2. The van der Waals surface area contributed by atoms with Gasteiger partial charge in [0.15, 0.2) is 0 Å². The van der Waals surface area contributed by atoms with E-state index in [0.29, 0.717) is 17.5 Å². The van der Waals surface area contributed by atoms with Crippen molar-refractivity contribution >= 4 is 21.8 Å². The molecular weight excluding hydrogens is 308 g/mol. The molecule has 0 amide bonds. The summed E-state index contributed by atoms with van der Waals surface area (Å²) in [7, 11) is -1.74. The third-order valence-electron chi connectivity index (χ3n) is 4.06. The van der Waals surface area contributed by atoms with Crippen LogP contribution in [0.5, 0.6) is 0 Å². The number of hydrogen-bond acceptors (Lipinski definition) is 5. The zero-order chi connectivity index (χ0) is 14.9. The molecule has 21 heavy (non-hydrogen) atoms. The van der Waals surface area contributed by atoms with E-state index in [9.17, 15) is 8.42 Å². The van der Waals surface area contributed by atoms with Gasteiger partial charge in [-0.3, -0.25) is 4.68 Å². The largest absolute Gasteiger partial charge is 0.312 e. The Bertz CT molecular complexity index is 577. The number of rotatable bonds is 7. The van der Waals surface area contributed by atoms with Crippen molar-refractivity contribution in [1.29, 1.82) is 0 Å². The van der Waals surface area contributed by atoms with E-state index in [4.69, 9.17) is 0 Å². The van der Waals surface area contributed by atoms with Gasteiger partial charge in [0.25, 0.3) is 0 Å². The molecule has 0 spiro atoms. The maximum absolute atomic E-state index is 12.6. The van der Waals surface area contributed by atoms with E-state index in [1.165, 1.54) is 23.3 Å². The number of nitrogens with one attached hydrogen (secondary N) is 1. The van der Waals surface area contributed by atoms with Gasteiger partial charge in [-0.25, -0.2) is 8.42 Å². The molecular formula is C13H22N4O2S2. The van der Waals surface area contributed by atoms with Gasteiger partial charge >= 0.3 is 0 Å². The zero-order valence-corrected chi connectivity index (χ0v) is 13.9. The minimum absolute atomic E-state index is 0.111. The Balaban J connectivity index is 1.62. The molecule has 1 aliphatic carbocycles. The molecule has 0 bridgehead atoms. The topological polar surface area (TPSA) is 67.2 Å². The Morgan fingerprint density at radius 2 is 2.29 bits per heavy atom. The van der Waals surface area contributed by atoms with Crippen molar-refractivity contribution in [2.45, 2.75) is 42.8 Å². The van der Waals surface area contributed by atoms with E-state index in [0.717, 1.165) is 24.5 Å². The molecule has 1 aromatic heterocycles. The minimum atomic E-state index is -3.41. The van der Waals surface area contributed by atoms with E-state index in [-0.39, 0.29) is 6.04 Å². The van der Waals surface area contributed by atoms with Crippen molar-refractivity contribution in [3.8, 4) is 0 Å². The smallest absolute Gasteiger partial charge is 0.246 e. The van der Waals surface area contributed by atoms with E-state index in [1.807, 2.05) is 11.8 Å². The lowest BCUT2D eigenvalue weighted by molar-refractivity contribution is 0.394. The molecule has 1 unspecified atom stereocenters. The average Bonchev–Trinajstić information content (AvgIpc) is 2.96. The van der Waals surface area contributed by atoms with E-state index in [2.05, 4.69) is 10.4 Å². The lowest BCUT2D eigenvalue weighted by Gasteiger charge is -2.22. The van der Waals surface area contributed by atoms with Crippen LogP contribution in [-0.4, -0.2) is 59.7 Å². The molecule has 0 radical (unpaired) electrons. The summed E-state index contributed by atoms with van der Waals surface area (Å²) in [5.41, 5.74) is 0. The molecule has 3 rings (SSSR count). The minimum Gasteiger partial charge on any atom is -0.312 e. The van der Waals surface area contributed by atoms with Crippen LogP contribution < -0.4 is 5.32 Å². The Kier molecular flexibility index (Phi) is 4.58. The molecule has 118 valence electrons. The van der Waals surface area contributed by atoms with E-state index < -0.39 is 10.0 Å². The number of thioether (sulfide) groups is 1. The zero-order valence-electron chi connectivity index (χ0n) is 12.2. The first-order valence-electron chi connectivity index (χ1n) is 7.39. The van der Waals surface area contributed by atoms with Gasteiger partial charge in [0.05, 0.1) is 12.7 Å². The fourth-order valence-electron chi connectivity index (χ4n) is 2.44. The lowest BCUT2D eigenvalue weighted by Crippen LogP contribution is -2.36. The molecule has 2 heterocycles. The van der Waals surface area contributed by atoms with Crippen LogP contribution in [0.15, 0.2) is 17.3 Å². The Morgan fingerprint density at radius 3 is 2.95 bits per heavy atom. The first kappa shape index (κ1) is 15.3. The molecule has 1 saturated heterocycles.